The number of sulfonamides is 1. The Morgan fingerprint density at radius 2 is 1.94 bits per heavy atom. The maximum Gasteiger partial charge on any atom is 0.322 e. The minimum Gasteiger partial charge on any atom is -0.490 e. The molecular weight excluding hydrogens is 484 g/mol. The molecule has 1 fully saturated rings. The van der Waals surface area contributed by atoms with E-state index in [0.29, 0.717) is 30.2 Å². The first-order valence-electron chi connectivity index (χ1n) is 11.8. The number of para-hydroxylation sites is 1. The second kappa shape index (κ2) is 9.75. The molecule has 1 aliphatic rings. The third kappa shape index (κ3) is 4.59. The molecule has 0 bridgehead atoms. The topological polar surface area (TPSA) is 128 Å². The highest BCUT2D eigenvalue weighted by molar-refractivity contribution is 7.89. The lowest BCUT2D eigenvalue weighted by molar-refractivity contribution is 0.102. The normalized spacial score (nSPS) is 16.8. The minimum atomic E-state index is -3.62. The molecule has 2 aromatic heterocycles. The van der Waals surface area contributed by atoms with E-state index in [0.717, 1.165) is 24.6 Å². The van der Waals surface area contributed by atoms with Crippen molar-refractivity contribution in [1.29, 1.82) is 0 Å². The van der Waals surface area contributed by atoms with Crippen LogP contribution in [0.2, 0.25) is 0 Å². The Kier molecular flexibility index (Phi) is 6.50. The van der Waals surface area contributed by atoms with Crippen LogP contribution in [0.25, 0.3) is 22.6 Å². The summed E-state index contributed by atoms with van der Waals surface area (Å²) in [5, 5.41) is 11.2. The minimum absolute atomic E-state index is 0.0454. The molecule has 0 saturated carbocycles. The third-order valence-corrected chi connectivity index (χ3v) is 8.16. The fourth-order valence-electron chi connectivity index (χ4n) is 4.30. The summed E-state index contributed by atoms with van der Waals surface area (Å²) >= 11 is 0. The Morgan fingerprint density at radius 1 is 1.14 bits per heavy atom. The van der Waals surface area contributed by atoms with E-state index in [1.165, 1.54) is 28.6 Å². The summed E-state index contributed by atoms with van der Waals surface area (Å²) < 4.78 is 44.5. The lowest BCUT2D eigenvalue weighted by Crippen LogP contribution is -2.41. The fraction of sp³-hybridized carbons (Fsp3) is 0.320. The van der Waals surface area contributed by atoms with Crippen molar-refractivity contribution in [2.75, 3.05) is 18.5 Å². The molecular formula is C25H26N4O6S. The molecule has 4 aromatic rings. The van der Waals surface area contributed by atoms with Gasteiger partial charge < -0.3 is 13.6 Å². The Labute approximate surface area is 208 Å². The highest BCUT2D eigenvalue weighted by atomic mass is 32.2. The van der Waals surface area contributed by atoms with Crippen molar-refractivity contribution < 1.29 is 26.8 Å². The number of hydrogen-bond donors (Lipinski definition) is 1. The molecule has 5 rings (SSSR count). The molecule has 11 heteroatoms. The standard InChI is InChI=1S/C25H26N4O6S/c1-3-33-20-9-6-8-18-15-21(34-22(18)20)24-27-28-25(35-24)26-23(30)17-10-12-19(13-11-17)36(31,32)29-14-5-4-7-16(29)2/h6,8-13,15-16H,3-5,7,14H2,1-2H3,(H,26,28,30). The van der Waals surface area contributed by atoms with Gasteiger partial charge in [0, 0.05) is 23.5 Å². The van der Waals surface area contributed by atoms with Gasteiger partial charge in [0.2, 0.25) is 10.0 Å². The summed E-state index contributed by atoms with van der Waals surface area (Å²) in [6, 6.07) is 12.9. The zero-order valence-corrected chi connectivity index (χ0v) is 20.7. The number of anilines is 1. The summed E-state index contributed by atoms with van der Waals surface area (Å²) in [5.74, 6) is 0.533. The quantitative estimate of drug-likeness (QED) is 0.379. The Balaban J connectivity index is 1.30. The molecule has 1 saturated heterocycles. The number of hydrogen-bond acceptors (Lipinski definition) is 8. The van der Waals surface area contributed by atoms with E-state index in [1.807, 2.05) is 32.0 Å². The predicted octanol–water partition coefficient (Wildman–Crippen LogP) is 4.70. The number of nitrogens with one attached hydrogen (secondary N) is 1. The van der Waals surface area contributed by atoms with Crippen molar-refractivity contribution in [3.63, 3.8) is 0 Å². The highest BCUT2D eigenvalue weighted by Crippen LogP contribution is 2.33. The summed E-state index contributed by atoms with van der Waals surface area (Å²) in [7, 11) is -3.62. The van der Waals surface area contributed by atoms with Crippen LogP contribution in [0.1, 0.15) is 43.5 Å². The van der Waals surface area contributed by atoms with Gasteiger partial charge in [-0.15, -0.1) is 5.10 Å². The van der Waals surface area contributed by atoms with Crippen molar-refractivity contribution in [2.24, 2.45) is 0 Å². The molecule has 0 radical (unpaired) electrons. The molecule has 0 aliphatic carbocycles. The molecule has 1 N–H and O–H groups in total. The molecule has 3 heterocycles. The van der Waals surface area contributed by atoms with Gasteiger partial charge >= 0.3 is 6.01 Å². The van der Waals surface area contributed by atoms with Crippen LogP contribution in [0.5, 0.6) is 5.75 Å². The number of piperidine rings is 1. The molecule has 10 nitrogen and oxygen atoms in total. The van der Waals surface area contributed by atoms with Crippen LogP contribution in [0.15, 0.2) is 62.3 Å². The maximum atomic E-state index is 13.0. The van der Waals surface area contributed by atoms with E-state index >= 15 is 0 Å². The van der Waals surface area contributed by atoms with Gasteiger partial charge in [-0.2, -0.15) is 4.31 Å². The molecule has 188 valence electrons. The first kappa shape index (κ1) is 24.0. The molecule has 2 aromatic carbocycles. The lowest BCUT2D eigenvalue weighted by Gasteiger charge is -2.32. The van der Waals surface area contributed by atoms with E-state index in [4.69, 9.17) is 13.6 Å². The zero-order valence-electron chi connectivity index (χ0n) is 19.9. The van der Waals surface area contributed by atoms with E-state index in [2.05, 4.69) is 15.5 Å². The Morgan fingerprint density at radius 3 is 2.69 bits per heavy atom. The SMILES string of the molecule is CCOc1cccc2cc(-c3nnc(NC(=O)c4ccc(S(=O)(=O)N5CCCCC5C)cc4)o3)oc12. The summed E-state index contributed by atoms with van der Waals surface area (Å²) in [4.78, 5) is 12.8. The van der Waals surface area contributed by atoms with Crippen LogP contribution >= 0.6 is 0 Å². The van der Waals surface area contributed by atoms with Gasteiger partial charge in [-0.3, -0.25) is 10.1 Å². The summed E-state index contributed by atoms with van der Waals surface area (Å²) in [5.41, 5.74) is 0.817. The van der Waals surface area contributed by atoms with Crippen LogP contribution in [-0.4, -0.2) is 48.0 Å². The number of benzene rings is 2. The average molecular weight is 511 g/mol. The first-order chi connectivity index (χ1) is 17.4. The molecule has 1 atom stereocenters. The predicted molar refractivity (Wildman–Crippen MR) is 132 cm³/mol. The van der Waals surface area contributed by atoms with Crippen LogP contribution in [0, 0.1) is 0 Å². The number of carbonyl (C=O) groups is 1. The number of furan rings is 1. The number of aromatic nitrogens is 2. The summed E-state index contributed by atoms with van der Waals surface area (Å²) in [6.45, 7) is 4.80. The number of rotatable bonds is 7. The van der Waals surface area contributed by atoms with Gasteiger partial charge in [0.25, 0.3) is 11.8 Å². The van der Waals surface area contributed by atoms with Crippen molar-refractivity contribution in [1.82, 2.24) is 14.5 Å². The van der Waals surface area contributed by atoms with E-state index in [-0.39, 0.29) is 28.4 Å². The lowest BCUT2D eigenvalue weighted by atomic mass is 10.1. The molecule has 1 aliphatic heterocycles. The van der Waals surface area contributed by atoms with E-state index in [1.54, 1.807) is 6.07 Å². The second-order valence-electron chi connectivity index (χ2n) is 8.57. The number of ether oxygens (including phenoxy) is 1. The molecule has 0 spiro atoms. The van der Waals surface area contributed by atoms with Gasteiger partial charge in [0.15, 0.2) is 17.1 Å². The first-order valence-corrected chi connectivity index (χ1v) is 13.2. The van der Waals surface area contributed by atoms with Crippen molar-refractivity contribution in [3.05, 3.63) is 54.1 Å². The highest BCUT2D eigenvalue weighted by Gasteiger charge is 2.31. The van der Waals surface area contributed by atoms with Crippen LogP contribution in [0.4, 0.5) is 6.01 Å². The third-order valence-electron chi connectivity index (χ3n) is 6.13. The molecule has 36 heavy (non-hydrogen) atoms. The fourth-order valence-corrected chi connectivity index (χ4v) is 6.00. The largest absolute Gasteiger partial charge is 0.490 e. The van der Waals surface area contributed by atoms with E-state index in [9.17, 15) is 13.2 Å². The van der Waals surface area contributed by atoms with E-state index < -0.39 is 15.9 Å². The zero-order chi connectivity index (χ0) is 25.3. The Bertz CT molecular complexity index is 1490. The summed E-state index contributed by atoms with van der Waals surface area (Å²) in [6.07, 6.45) is 2.71. The number of carbonyl (C=O) groups excluding carboxylic acids is 1. The van der Waals surface area contributed by atoms with Crippen LogP contribution in [-0.2, 0) is 10.0 Å². The van der Waals surface area contributed by atoms with Crippen molar-refractivity contribution in [2.45, 2.75) is 44.0 Å². The molecule has 1 amide bonds. The molecule has 1 unspecified atom stereocenters. The van der Waals surface area contributed by atoms with Gasteiger partial charge in [-0.25, -0.2) is 8.42 Å². The van der Waals surface area contributed by atoms with Crippen LogP contribution < -0.4 is 10.1 Å². The van der Waals surface area contributed by atoms with Gasteiger partial charge in [0.05, 0.1) is 11.5 Å². The van der Waals surface area contributed by atoms with Crippen molar-refractivity contribution in [3.8, 4) is 17.4 Å². The van der Waals surface area contributed by atoms with Gasteiger partial charge in [0.1, 0.15) is 0 Å². The smallest absolute Gasteiger partial charge is 0.322 e. The van der Waals surface area contributed by atoms with Crippen molar-refractivity contribution >= 4 is 32.9 Å². The monoisotopic (exact) mass is 510 g/mol. The Hall–Kier alpha value is -3.70. The van der Waals surface area contributed by atoms with Gasteiger partial charge in [-0.1, -0.05) is 23.7 Å². The maximum absolute atomic E-state index is 13.0. The average Bonchev–Trinajstić information content (AvgIpc) is 3.52. The second-order valence-corrected chi connectivity index (χ2v) is 10.5. The number of fused-ring (bicyclic) bond motifs is 1. The number of amides is 1. The van der Waals surface area contributed by atoms with Crippen LogP contribution in [0.3, 0.4) is 0 Å². The van der Waals surface area contributed by atoms with Gasteiger partial charge in [-0.05, 0) is 63.1 Å². The number of nitrogens with zero attached hydrogens (tertiary/aromatic N) is 3.